The minimum absolute atomic E-state index is 0.126. The van der Waals surface area contributed by atoms with Crippen LogP contribution in [0.25, 0.3) is 15.9 Å². The molecular formula is C22H19FN2O3S. The van der Waals surface area contributed by atoms with Crippen molar-refractivity contribution in [3.05, 3.63) is 76.0 Å². The fourth-order valence-electron chi connectivity index (χ4n) is 3.14. The van der Waals surface area contributed by atoms with Crippen molar-refractivity contribution in [1.29, 1.82) is 0 Å². The molecule has 2 aromatic carbocycles. The predicted molar refractivity (Wildman–Crippen MR) is 110 cm³/mol. The van der Waals surface area contributed by atoms with E-state index >= 15 is 0 Å². The number of thiophene rings is 1. The Hall–Kier alpha value is -3.19. The number of ether oxygens (including phenoxy) is 2. The van der Waals surface area contributed by atoms with E-state index in [2.05, 4.69) is 5.10 Å². The van der Waals surface area contributed by atoms with Gasteiger partial charge < -0.3 is 9.47 Å². The van der Waals surface area contributed by atoms with Crippen LogP contribution < -0.4 is 4.74 Å². The van der Waals surface area contributed by atoms with Crippen molar-refractivity contribution in [2.45, 2.75) is 20.5 Å². The predicted octanol–water partition coefficient (Wildman–Crippen LogP) is 5.21. The van der Waals surface area contributed by atoms with E-state index in [0.29, 0.717) is 10.6 Å². The highest BCUT2D eigenvalue weighted by Crippen LogP contribution is 2.31. The van der Waals surface area contributed by atoms with Crippen LogP contribution in [-0.2, 0) is 11.3 Å². The first-order chi connectivity index (χ1) is 14.0. The topological polar surface area (TPSA) is 53.4 Å². The Bertz CT molecular complexity index is 1190. The summed E-state index contributed by atoms with van der Waals surface area (Å²) in [7, 11) is 1.59. The first-order valence-electron chi connectivity index (χ1n) is 9.02. The van der Waals surface area contributed by atoms with Gasteiger partial charge >= 0.3 is 5.97 Å². The van der Waals surface area contributed by atoms with E-state index in [9.17, 15) is 9.18 Å². The van der Waals surface area contributed by atoms with Crippen LogP contribution in [0.15, 0.2) is 48.5 Å². The molecule has 2 aromatic heterocycles. The normalized spacial score (nSPS) is 11.0. The molecule has 0 bridgehead atoms. The molecule has 148 valence electrons. The highest BCUT2D eigenvalue weighted by molar-refractivity contribution is 7.20. The molecule has 0 aliphatic rings. The average Bonchev–Trinajstić information content (AvgIpc) is 3.28. The van der Waals surface area contributed by atoms with Crippen molar-refractivity contribution in [2.24, 2.45) is 0 Å². The summed E-state index contributed by atoms with van der Waals surface area (Å²) in [6.07, 6.45) is 0. The van der Waals surface area contributed by atoms with Gasteiger partial charge in [-0.25, -0.2) is 13.9 Å². The van der Waals surface area contributed by atoms with E-state index in [-0.39, 0.29) is 12.4 Å². The average molecular weight is 410 g/mol. The number of halogens is 1. The number of aryl methyl sites for hydroxylation is 2. The number of hydrogen-bond acceptors (Lipinski definition) is 5. The number of carbonyl (C=O) groups excluding carboxylic acids is 1. The van der Waals surface area contributed by atoms with Crippen LogP contribution in [0.4, 0.5) is 4.39 Å². The highest BCUT2D eigenvalue weighted by atomic mass is 32.1. The van der Waals surface area contributed by atoms with Crippen molar-refractivity contribution < 1.29 is 18.7 Å². The van der Waals surface area contributed by atoms with Crippen molar-refractivity contribution in [2.75, 3.05) is 7.11 Å². The summed E-state index contributed by atoms with van der Waals surface area (Å²) in [5, 5.41) is 5.39. The van der Waals surface area contributed by atoms with Gasteiger partial charge in [-0.05, 0) is 56.3 Å². The molecule has 0 saturated heterocycles. The van der Waals surface area contributed by atoms with Gasteiger partial charge in [0, 0.05) is 10.9 Å². The zero-order valence-electron chi connectivity index (χ0n) is 16.2. The van der Waals surface area contributed by atoms with E-state index in [1.165, 1.54) is 23.5 Å². The minimum atomic E-state index is -0.403. The van der Waals surface area contributed by atoms with E-state index in [4.69, 9.17) is 9.47 Å². The molecule has 4 aromatic rings. The second-order valence-electron chi connectivity index (χ2n) is 6.69. The van der Waals surface area contributed by atoms with Gasteiger partial charge in [-0.15, -0.1) is 11.3 Å². The van der Waals surface area contributed by atoms with Gasteiger partial charge in [0.2, 0.25) is 0 Å². The Kier molecular flexibility index (Phi) is 5.07. The summed E-state index contributed by atoms with van der Waals surface area (Å²) in [4.78, 5) is 13.9. The lowest BCUT2D eigenvalue weighted by atomic mass is 10.1. The molecule has 7 heteroatoms. The van der Waals surface area contributed by atoms with E-state index in [1.807, 2.05) is 32.0 Å². The third kappa shape index (κ3) is 3.73. The standard InChI is InChI=1S/C22H19FN2O3S/c1-13-4-9-19(27-3)15(10-13)12-28-22(26)20-11-18-14(2)24-25(21(18)29-20)17-7-5-16(23)6-8-17/h4-11H,12H2,1-3H3. The molecule has 29 heavy (non-hydrogen) atoms. The maximum atomic E-state index is 13.2. The van der Waals surface area contributed by atoms with Crippen LogP contribution >= 0.6 is 11.3 Å². The Balaban J connectivity index is 1.60. The molecule has 0 radical (unpaired) electrons. The molecular weight excluding hydrogens is 391 g/mol. The smallest absolute Gasteiger partial charge is 0.348 e. The van der Waals surface area contributed by atoms with Crippen molar-refractivity contribution in [1.82, 2.24) is 9.78 Å². The van der Waals surface area contributed by atoms with Crippen molar-refractivity contribution in [3.63, 3.8) is 0 Å². The largest absolute Gasteiger partial charge is 0.496 e. The molecule has 4 rings (SSSR count). The van der Waals surface area contributed by atoms with Gasteiger partial charge in [-0.1, -0.05) is 11.6 Å². The summed E-state index contributed by atoms with van der Waals surface area (Å²) in [6.45, 7) is 3.98. The fourth-order valence-corrected chi connectivity index (χ4v) is 4.22. The highest BCUT2D eigenvalue weighted by Gasteiger charge is 2.19. The summed E-state index contributed by atoms with van der Waals surface area (Å²) in [6, 6.07) is 13.6. The number of fused-ring (bicyclic) bond motifs is 1. The molecule has 0 N–H and O–H groups in total. The Labute approximate surface area is 171 Å². The van der Waals surface area contributed by atoms with Gasteiger partial charge in [0.25, 0.3) is 0 Å². The third-order valence-corrected chi connectivity index (χ3v) is 5.70. The molecule has 0 aliphatic heterocycles. The molecule has 2 heterocycles. The number of benzene rings is 2. The van der Waals surface area contributed by atoms with E-state index in [0.717, 1.165) is 32.7 Å². The monoisotopic (exact) mass is 410 g/mol. The van der Waals surface area contributed by atoms with Crippen molar-refractivity contribution in [3.8, 4) is 11.4 Å². The molecule has 5 nitrogen and oxygen atoms in total. The third-order valence-electron chi connectivity index (χ3n) is 4.61. The van der Waals surface area contributed by atoms with Crippen LogP contribution in [0, 0.1) is 19.7 Å². The molecule has 0 unspecified atom stereocenters. The second kappa shape index (κ2) is 7.67. The SMILES string of the molecule is COc1ccc(C)cc1COC(=O)c1cc2c(C)nn(-c3ccc(F)cc3)c2s1. The van der Waals surface area contributed by atoms with E-state index in [1.54, 1.807) is 30.0 Å². The maximum absolute atomic E-state index is 13.2. The number of rotatable bonds is 5. The van der Waals surface area contributed by atoms with Gasteiger partial charge in [0.05, 0.1) is 18.5 Å². The molecule has 0 amide bonds. The maximum Gasteiger partial charge on any atom is 0.348 e. The van der Waals surface area contributed by atoms with Gasteiger partial charge in [-0.3, -0.25) is 0 Å². The molecule has 0 saturated carbocycles. The van der Waals surface area contributed by atoms with Crippen LogP contribution in [-0.4, -0.2) is 22.9 Å². The van der Waals surface area contributed by atoms with E-state index < -0.39 is 5.97 Å². The lowest BCUT2D eigenvalue weighted by molar-refractivity contribution is 0.0476. The van der Waals surface area contributed by atoms with Crippen LogP contribution in [0.3, 0.4) is 0 Å². The van der Waals surface area contributed by atoms with Crippen LogP contribution in [0.2, 0.25) is 0 Å². The minimum Gasteiger partial charge on any atom is -0.496 e. The molecule has 0 atom stereocenters. The number of carbonyl (C=O) groups is 1. The van der Waals surface area contributed by atoms with Crippen molar-refractivity contribution >= 4 is 27.5 Å². The van der Waals surface area contributed by atoms with Gasteiger partial charge in [-0.2, -0.15) is 5.10 Å². The Morgan fingerprint density at radius 2 is 1.90 bits per heavy atom. The number of aromatic nitrogens is 2. The summed E-state index contributed by atoms with van der Waals surface area (Å²) in [5.41, 5.74) is 3.40. The fraction of sp³-hybridized carbons (Fsp3) is 0.182. The first kappa shape index (κ1) is 19.1. The van der Waals surface area contributed by atoms with Crippen LogP contribution in [0.1, 0.15) is 26.5 Å². The number of methoxy groups -OCH3 is 1. The number of hydrogen-bond donors (Lipinski definition) is 0. The Morgan fingerprint density at radius 3 is 2.62 bits per heavy atom. The summed E-state index contributed by atoms with van der Waals surface area (Å²) >= 11 is 1.30. The summed E-state index contributed by atoms with van der Waals surface area (Å²) in [5.74, 6) is -0.0294. The lowest BCUT2D eigenvalue weighted by Gasteiger charge is -2.09. The van der Waals surface area contributed by atoms with Crippen LogP contribution in [0.5, 0.6) is 5.75 Å². The zero-order valence-corrected chi connectivity index (χ0v) is 17.0. The number of esters is 1. The summed E-state index contributed by atoms with van der Waals surface area (Å²) < 4.78 is 25.8. The molecule has 0 fully saturated rings. The van der Waals surface area contributed by atoms with Gasteiger partial charge in [0.15, 0.2) is 0 Å². The zero-order chi connectivity index (χ0) is 20.5. The first-order valence-corrected chi connectivity index (χ1v) is 9.83. The second-order valence-corrected chi connectivity index (χ2v) is 7.73. The lowest BCUT2D eigenvalue weighted by Crippen LogP contribution is -2.04. The number of nitrogens with zero attached hydrogens (tertiary/aromatic N) is 2. The molecule has 0 spiro atoms. The Morgan fingerprint density at radius 1 is 1.14 bits per heavy atom. The van der Waals surface area contributed by atoms with Gasteiger partial charge in [0.1, 0.15) is 27.9 Å². The molecule has 0 aliphatic carbocycles. The quantitative estimate of drug-likeness (QED) is 0.424.